The molecule has 0 spiro atoms. The van der Waals surface area contributed by atoms with E-state index < -0.39 is 0 Å². The minimum Gasteiger partial charge on any atom is -0.328 e. The number of rotatable bonds is 3. The highest BCUT2D eigenvalue weighted by atomic mass is 14.6. The van der Waals surface area contributed by atoms with E-state index in [0.717, 1.165) is 0 Å². The molecule has 0 saturated heterocycles. The first-order valence-corrected chi connectivity index (χ1v) is 5.38. The predicted octanol–water partition coefficient (Wildman–Crippen LogP) is 3.08. The van der Waals surface area contributed by atoms with E-state index in [-0.39, 0.29) is 0 Å². The van der Waals surface area contributed by atoms with Crippen LogP contribution in [0, 0.1) is 5.41 Å². The molecule has 1 saturated carbocycles. The van der Waals surface area contributed by atoms with Crippen LogP contribution in [0.2, 0.25) is 0 Å². The first-order chi connectivity index (χ1) is 5.62. The maximum absolute atomic E-state index is 5.77. The smallest absolute Gasteiger partial charge is 0.00106 e. The molecule has 0 heterocycles. The fourth-order valence-corrected chi connectivity index (χ4v) is 2.23. The quantitative estimate of drug-likeness (QED) is 0.690. The second kappa shape index (κ2) is 4.27. The maximum atomic E-state index is 5.77. The fourth-order valence-electron chi connectivity index (χ4n) is 2.23. The third-order valence-electron chi connectivity index (χ3n) is 3.26. The van der Waals surface area contributed by atoms with Crippen LogP contribution in [0.3, 0.4) is 0 Å². The number of nitrogens with two attached hydrogens (primary N) is 1. The molecule has 12 heavy (non-hydrogen) atoms. The molecule has 1 fully saturated rings. The molecule has 72 valence electrons. The third-order valence-corrected chi connectivity index (χ3v) is 3.26. The summed E-state index contributed by atoms with van der Waals surface area (Å²) in [5.74, 6) is 0. The second-order valence-corrected chi connectivity index (χ2v) is 4.89. The zero-order valence-corrected chi connectivity index (χ0v) is 8.60. The van der Waals surface area contributed by atoms with Gasteiger partial charge < -0.3 is 5.73 Å². The zero-order valence-electron chi connectivity index (χ0n) is 8.60. The zero-order chi connectivity index (χ0) is 9.03. The Morgan fingerprint density at radius 1 is 1.25 bits per heavy atom. The van der Waals surface area contributed by atoms with Crippen molar-refractivity contribution in [1.82, 2.24) is 0 Å². The number of hydrogen-bond donors (Lipinski definition) is 1. The molecule has 0 amide bonds. The summed E-state index contributed by atoms with van der Waals surface area (Å²) in [4.78, 5) is 0. The van der Waals surface area contributed by atoms with Gasteiger partial charge in [-0.3, -0.25) is 0 Å². The Kier molecular flexibility index (Phi) is 3.57. The maximum Gasteiger partial charge on any atom is 0.00106 e. The van der Waals surface area contributed by atoms with E-state index in [1.165, 1.54) is 44.9 Å². The Morgan fingerprint density at radius 3 is 2.33 bits per heavy atom. The van der Waals surface area contributed by atoms with Crippen molar-refractivity contribution in [1.29, 1.82) is 0 Å². The van der Waals surface area contributed by atoms with Crippen molar-refractivity contribution < 1.29 is 0 Å². The lowest BCUT2D eigenvalue weighted by Crippen LogP contribution is -2.24. The molecule has 0 unspecified atom stereocenters. The van der Waals surface area contributed by atoms with Gasteiger partial charge in [0.15, 0.2) is 0 Å². The molecule has 1 rings (SSSR count). The lowest BCUT2D eigenvalue weighted by molar-refractivity contribution is 0.191. The minimum absolute atomic E-state index is 0.392. The van der Waals surface area contributed by atoms with Crippen molar-refractivity contribution >= 4 is 0 Å². The van der Waals surface area contributed by atoms with E-state index in [0.29, 0.717) is 11.5 Å². The van der Waals surface area contributed by atoms with Crippen LogP contribution < -0.4 is 5.73 Å². The van der Waals surface area contributed by atoms with Crippen LogP contribution in [0.5, 0.6) is 0 Å². The SMILES string of the molecule is C[C@@H](N)CCC1(C)CCCCC1. The molecule has 0 aromatic carbocycles. The van der Waals surface area contributed by atoms with Gasteiger partial charge in [-0.1, -0.05) is 26.2 Å². The van der Waals surface area contributed by atoms with Crippen LogP contribution in [0.25, 0.3) is 0 Å². The summed E-state index contributed by atoms with van der Waals surface area (Å²) in [6, 6.07) is 0.392. The molecule has 0 bridgehead atoms. The lowest BCUT2D eigenvalue weighted by atomic mass is 9.72. The van der Waals surface area contributed by atoms with Gasteiger partial charge in [-0.05, 0) is 38.0 Å². The van der Waals surface area contributed by atoms with Gasteiger partial charge in [-0.25, -0.2) is 0 Å². The fraction of sp³-hybridized carbons (Fsp3) is 1.00. The van der Waals surface area contributed by atoms with Crippen molar-refractivity contribution in [2.45, 2.75) is 64.8 Å². The highest BCUT2D eigenvalue weighted by Crippen LogP contribution is 2.39. The summed E-state index contributed by atoms with van der Waals surface area (Å²) in [7, 11) is 0. The third kappa shape index (κ3) is 3.14. The Bertz CT molecular complexity index is 123. The molecule has 0 aromatic rings. The van der Waals surface area contributed by atoms with E-state index in [4.69, 9.17) is 5.73 Å². The lowest BCUT2D eigenvalue weighted by Gasteiger charge is -2.34. The Hall–Kier alpha value is -0.0400. The van der Waals surface area contributed by atoms with Crippen molar-refractivity contribution in [2.24, 2.45) is 11.1 Å². The van der Waals surface area contributed by atoms with Gasteiger partial charge in [0.05, 0.1) is 0 Å². The van der Waals surface area contributed by atoms with Crippen molar-refractivity contribution in [2.75, 3.05) is 0 Å². The largest absolute Gasteiger partial charge is 0.328 e. The van der Waals surface area contributed by atoms with Crippen LogP contribution in [0.15, 0.2) is 0 Å². The van der Waals surface area contributed by atoms with E-state index in [9.17, 15) is 0 Å². The molecule has 1 aliphatic rings. The normalized spacial score (nSPS) is 25.2. The molecule has 2 N–H and O–H groups in total. The van der Waals surface area contributed by atoms with Gasteiger partial charge in [-0.2, -0.15) is 0 Å². The van der Waals surface area contributed by atoms with Crippen LogP contribution >= 0.6 is 0 Å². The molecular formula is C11H23N. The number of hydrogen-bond acceptors (Lipinski definition) is 1. The van der Waals surface area contributed by atoms with Gasteiger partial charge in [-0.15, -0.1) is 0 Å². The summed E-state index contributed by atoms with van der Waals surface area (Å²) in [5, 5.41) is 0. The standard InChI is InChI=1S/C11H23N/c1-10(12)6-9-11(2)7-4-3-5-8-11/h10H,3-9,12H2,1-2H3/t10-/m1/s1. The minimum atomic E-state index is 0.392. The van der Waals surface area contributed by atoms with Crippen LogP contribution in [-0.4, -0.2) is 6.04 Å². The molecule has 0 aromatic heterocycles. The molecule has 1 heteroatoms. The highest BCUT2D eigenvalue weighted by Gasteiger charge is 2.26. The van der Waals surface area contributed by atoms with Crippen LogP contribution in [0.1, 0.15) is 58.8 Å². The average molecular weight is 169 g/mol. The summed E-state index contributed by atoms with van der Waals surface area (Å²) >= 11 is 0. The first kappa shape index (κ1) is 10.0. The summed E-state index contributed by atoms with van der Waals surface area (Å²) in [6.07, 6.45) is 9.74. The molecule has 0 aliphatic heterocycles. The van der Waals surface area contributed by atoms with Crippen molar-refractivity contribution in [3.8, 4) is 0 Å². The van der Waals surface area contributed by atoms with Gasteiger partial charge in [0, 0.05) is 6.04 Å². The second-order valence-electron chi connectivity index (χ2n) is 4.89. The Morgan fingerprint density at radius 2 is 1.83 bits per heavy atom. The molecule has 1 atom stereocenters. The van der Waals surface area contributed by atoms with E-state index in [1.54, 1.807) is 0 Å². The first-order valence-electron chi connectivity index (χ1n) is 5.38. The molecule has 1 aliphatic carbocycles. The van der Waals surface area contributed by atoms with E-state index in [1.807, 2.05) is 0 Å². The molecule has 1 nitrogen and oxygen atoms in total. The topological polar surface area (TPSA) is 26.0 Å². The van der Waals surface area contributed by atoms with E-state index in [2.05, 4.69) is 13.8 Å². The van der Waals surface area contributed by atoms with Crippen LogP contribution in [-0.2, 0) is 0 Å². The van der Waals surface area contributed by atoms with Gasteiger partial charge in [0.25, 0.3) is 0 Å². The monoisotopic (exact) mass is 169 g/mol. The van der Waals surface area contributed by atoms with Crippen molar-refractivity contribution in [3.05, 3.63) is 0 Å². The molecule has 0 radical (unpaired) electrons. The van der Waals surface area contributed by atoms with E-state index >= 15 is 0 Å². The highest BCUT2D eigenvalue weighted by molar-refractivity contribution is 4.79. The van der Waals surface area contributed by atoms with Crippen LogP contribution in [0.4, 0.5) is 0 Å². The van der Waals surface area contributed by atoms with Gasteiger partial charge in [0.1, 0.15) is 0 Å². The Balaban J connectivity index is 2.26. The summed E-state index contributed by atoms with van der Waals surface area (Å²) < 4.78 is 0. The molecular weight excluding hydrogens is 146 g/mol. The van der Waals surface area contributed by atoms with Gasteiger partial charge >= 0.3 is 0 Å². The average Bonchev–Trinajstić information content (AvgIpc) is 2.03. The summed E-state index contributed by atoms with van der Waals surface area (Å²) in [5.41, 5.74) is 6.40. The van der Waals surface area contributed by atoms with Crippen molar-refractivity contribution in [3.63, 3.8) is 0 Å². The van der Waals surface area contributed by atoms with Gasteiger partial charge in [0.2, 0.25) is 0 Å². The Labute approximate surface area is 76.7 Å². The predicted molar refractivity (Wildman–Crippen MR) is 54.1 cm³/mol. The summed E-state index contributed by atoms with van der Waals surface area (Å²) in [6.45, 7) is 4.56.